The lowest BCUT2D eigenvalue weighted by Crippen LogP contribution is -2.35. The molecule has 0 aliphatic carbocycles. The number of imidazole rings is 1. The molecule has 5 aromatic rings. The van der Waals surface area contributed by atoms with Crippen LogP contribution in [0.2, 0.25) is 0 Å². The lowest BCUT2D eigenvalue weighted by atomic mass is 9.93. The maximum atomic E-state index is 13.3. The number of nitrogens with one attached hydrogen (secondary N) is 1. The lowest BCUT2D eigenvalue weighted by Gasteiger charge is -2.33. The van der Waals surface area contributed by atoms with Crippen LogP contribution in [0.1, 0.15) is 34.9 Å². The van der Waals surface area contributed by atoms with Crippen LogP contribution < -0.4 is 4.90 Å². The van der Waals surface area contributed by atoms with Crippen molar-refractivity contribution in [2.45, 2.75) is 18.8 Å². The van der Waals surface area contributed by atoms with Crippen LogP contribution >= 0.6 is 0 Å². The molecule has 0 bridgehead atoms. The number of piperidine rings is 1. The summed E-state index contributed by atoms with van der Waals surface area (Å²) in [5.41, 5.74) is 5.69. The zero-order valence-corrected chi connectivity index (χ0v) is 20.6. The number of H-pyrrole nitrogens is 1. The minimum Gasteiger partial charge on any atom is -0.465 e. The molecular weight excluding hydrogens is 462 g/mol. The second-order valence-electron chi connectivity index (χ2n) is 9.25. The van der Waals surface area contributed by atoms with Crippen LogP contribution in [-0.4, -0.2) is 46.3 Å². The van der Waals surface area contributed by atoms with Crippen molar-refractivity contribution in [3.05, 3.63) is 96.3 Å². The van der Waals surface area contributed by atoms with Gasteiger partial charge in [0.25, 0.3) is 0 Å². The average molecular weight is 490 g/mol. The molecule has 1 saturated heterocycles. The van der Waals surface area contributed by atoms with E-state index in [1.165, 1.54) is 7.11 Å². The summed E-state index contributed by atoms with van der Waals surface area (Å²) in [6.45, 7) is 1.47. The van der Waals surface area contributed by atoms with E-state index < -0.39 is 5.97 Å². The quantitative estimate of drug-likeness (QED) is 0.312. The van der Waals surface area contributed by atoms with Crippen molar-refractivity contribution in [2.24, 2.45) is 0 Å². The van der Waals surface area contributed by atoms with Crippen molar-refractivity contribution < 1.29 is 9.53 Å². The SMILES string of the molecule is COC(=O)c1c(N2CCC(c3nc4ccccc4[nH]3)CC2)nnc(-c2ccccc2)c1-c1ccccc1. The molecule has 184 valence electrons. The third-order valence-electron chi connectivity index (χ3n) is 7.04. The van der Waals surface area contributed by atoms with Gasteiger partial charge in [-0.15, -0.1) is 10.2 Å². The van der Waals surface area contributed by atoms with Gasteiger partial charge < -0.3 is 14.6 Å². The number of para-hydroxylation sites is 2. The van der Waals surface area contributed by atoms with Crippen molar-refractivity contribution >= 4 is 22.8 Å². The van der Waals surface area contributed by atoms with Gasteiger partial charge in [0.05, 0.1) is 18.1 Å². The Kier molecular flexibility index (Phi) is 6.10. The van der Waals surface area contributed by atoms with Crippen molar-refractivity contribution in [2.75, 3.05) is 25.1 Å². The van der Waals surface area contributed by atoms with E-state index in [9.17, 15) is 4.79 Å². The number of ether oxygens (including phenoxy) is 1. The largest absolute Gasteiger partial charge is 0.465 e. The molecule has 1 N–H and O–H groups in total. The fourth-order valence-electron chi connectivity index (χ4n) is 5.16. The fraction of sp³-hybridized carbons (Fsp3) is 0.200. The first-order valence-electron chi connectivity index (χ1n) is 12.5. The van der Waals surface area contributed by atoms with Gasteiger partial charge >= 0.3 is 5.97 Å². The smallest absolute Gasteiger partial charge is 0.342 e. The molecule has 1 aliphatic heterocycles. The number of anilines is 1. The highest BCUT2D eigenvalue weighted by molar-refractivity contribution is 6.05. The maximum absolute atomic E-state index is 13.3. The molecule has 2 aromatic heterocycles. The number of carbonyl (C=O) groups excluding carboxylic acids is 1. The number of hydrogen-bond donors (Lipinski definition) is 1. The Bertz CT molecular complexity index is 1510. The standard InChI is InChI=1S/C30H27N5O2/c1-37-30(36)26-25(20-10-4-2-5-11-20)27(21-12-6-3-7-13-21)33-34-29(26)35-18-16-22(17-19-35)28-31-23-14-8-9-15-24(23)32-28/h2-15,22H,16-19H2,1H3,(H,31,32). The van der Waals surface area contributed by atoms with E-state index in [2.05, 4.69) is 26.1 Å². The molecular formula is C30H27N5O2. The fourth-order valence-corrected chi connectivity index (χ4v) is 5.16. The van der Waals surface area contributed by atoms with Gasteiger partial charge in [0, 0.05) is 30.1 Å². The van der Waals surface area contributed by atoms with Crippen molar-refractivity contribution in [1.82, 2.24) is 20.2 Å². The highest BCUT2D eigenvalue weighted by Crippen LogP contribution is 2.39. The maximum Gasteiger partial charge on any atom is 0.342 e. The first-order chi connectivity index (χ1) is 18.2. The van der Waals surface area contributed by atoms with Gasteiger partial charge in [-0.1, -0.05) is 72.8 Å². The van der Waals surface area contributed by atoms with Gasteiger partial charge in [-0.3, -0.25) is 0 Å². The Morgan fingerprint density at radius 1 is 0.865 bits per heavy atom. The zero-order chi connectivity index (χ0) is 25.2. The summed E-state index contributed by atoms with van der Waals surface area (Å²) in [6, 6.07) is 27.8. The van der Waals surface area contributed by atoms with Crippen LogP contribution in [0.4, 0.5) is 5.82 Å². The second-order valence-corrected chi connectivity index (χ2v) is 9.25. The number of benzene rings is 3. The van der Waals surface area contributed by atoms with Crippen LogP contribution in [0.15, 0.2) is 84.9 Å². The topological polar surface area (TPSA) is 84.0 Å². The second kappa shape index (κ2) is 9.85. The van der Waals surface area contributed by atoms with E-state index in [1.54, 1.807) is 0 Å². The van der Waals surface area contributed by atoms with E-state index in [4.69, 9.17) is 9.72 Å². The number of methoxy groups -OCH3 is 1. The van der Waals surface area contributed by atoms with Gasteiger partial charge in [-0.2, -0.15) is 0 Å². The molecule has 1 aliphatic rings. The molecule has 3 heterocycles. The average Bonchev–Trinajstić information content (AvgIpc) is 3.41. The van der Waals surface area contributed by atoms with Crippen molar-refractivity contribution in [3.8, 4) is 22.4 Å². The summed E-state index contributed by atoms with van der Waals surface area (Å²) < 4.78 is 5.30. The molecule has 3 aromatic carbocycles. The summed E-state index contributed by atoms with van der Waals surface area (Å²) in [6.07, 6.45) is 1.78. The van der Waals surface area contributed by atoms with Crippen LogP contribution in [0.3, 0.4) is 0 Å². The molecule has 0 radical (unpaired) electrons. The summed E-state index contributed by atoms with van der Waals surface area (Å²) in [5.74, 6) is 1.48. The van der Waals surface area contributed by atoms with E-state index >= 15 is 0 Å². The number of carbonyl (C=O) groups is 1. The first-order valence-corrected chi connectivity index (χ1v) is 12.5. The number of esters is 1. The minimum absolute atomic E-state index is 0.315. The Hall–Kier alpha value is -4.52. The highest BCUT2D eigenvalue weighted by atomic mass is 16.5. The van der Waals surface area contributed by atoms with Crippen LogP contribution in [0, 0.1) is 0 Å². The molecule has 0 amide bonds. The molecule has 37 heavy (non-hydrogen) atoms. The normalized spacial score (nSPS) is 14.1. The van der Waals surface area contributed by atoms with Crippen molar-refractivity contribution in [3.63, 3.8) is 0 Å². The Labute approximate surface area is 215 Å². The van der Waals surface area contributed by atoms with Gasteiger partial charge in [0.2, 0.25) is 0 Å². The molecule has 6 rings (SSSR count). The number of nitrogens with zero attached hydrogens (tertiary/aromatic N) is 4. The summed E-state index contributed by atoms with van der Waals surface area (Å²) in [7, 11) is 1.41. The minimum atomic E-state index is -0.416. The lowest BCUT2D eigenvalue weighted by molar-refractivity contribution is 0.0601. The van der Waals surface area contributed by atoms with Gasteiger partial charge in [0.15, 0.2) is 5.82 Å². The van der Waals surface area contributed by atoms with E-state index in [-0.39, 0.29) is 0 Å². The number of rotatable bonds is 5. The monoisotopic (exact) mass is 489 g/mol. The predicted octanol–water partition coefficient (Wildman–Crippen LogP) is 5.86. The molecule has 7 heteroatoms. The number of hydrogen-bond acceptors (Lipinski definition) is 6. The molecule has 0 unspecified atom stereocenters. The van der Waals surface area contributed by atoms with E-state index in [0.29, 0.717) is 23.0 Å². The van der Waals surface area contributed by atoms with Crippen LogP contribution in [0.25, 0.3) is 33.4 Å². The third-order valence-corrected chi connectivity index (χ3v) is 7.04. The Morgan fingerprint density at radius 2 is 1.51 bits per heavy atom. The first kappa shape index (κ1) is 22.9. The van der Waals surface area contributed by atoms with E-state index in [1.807, 2.05) is 78.9 Å². The third kappa shape index (κ3) is 4.33. The zero-order valence-electron chi connectivity index (χ0n) is 20.6. The highest BCUT2D eigenvalue weighted by Gasteiger charge is 2.31. The molecule has 1 fully saturated rings. The predicted molar refractivity (Wildman–Crippen MR) is 145 cm³/mol. The molecule has 0 atom stereocenters. The molecule has 0 spiro atoms. The Balaban J connectivity index is 1.39. The summed E-state index contributed by atoms with van der Waals surface area (Å²) in [5, 5.41) is 9.28. The van der Waals surface area contributed by atoms with Crippen molar-refractivity contribution in [1.29, 1.82) is 0 Å². The number of aromatic nitrogens is 4. The Morgan fingerprint density at radius 3 is 2.19 bits per heavy atom. The van der Waals surface area contributed by atoms with Gasteiger partial charge in [-0.25, -0.2) is 9.78 Å². The number of aromatic amines is 1. The van der Waals surface area contributed by atoms with E-state index in [0.717, 1.165) is 59.5 Å². The summed E-state index contributed by atoms with van der Waals surface area (Å²) >= 11 is 0. The van der Waals surface area contributed by atoms with Crippen LogP contribution in [-0.2, 0) is 4.74 Å². The van der Waals surface area contributed by atoms with Crippen LogP contribution in [0.5, 0.6) is 0 Å². The number of fused-ring (bicyclic) bond motifs is 1. The molecule has 7 nitrogen and oxygen atoms in total. The molecule has 0 saturated carbocycles. The van der Waals surface area contributed by atoms with Gasteiger partial charge in [-0.05, 0) is 30.5 Å². The van der Waals surface area contributed by atoms with Gasteiger partial charge in [0.1, 0.15) is 17.1 Å². The summed E-state index contributed by atoms with van der Waals surface area (Å²) in [4.78, 5) is 23.8.